The molecule has 2 aromatic rings. The molecule has 0 radical (unpaired) electrons. The van der Waals surface area contributed by atoms with Crippen molar-refractivity contribution in [1.29, 1.82) is 0 Å². The van der Waals surface area contributed by atoms with Crippen molar-refractivity contribution in [1.82, 2.24) is 0 Å². The number of aryl methyl sites for hydroxylation is 1. The van der Waals surface area contributed by atoms with Gasteiger partial charge < -0.3 is 10.1 Å². The fraction of sp³-hybridized carbons (Fsp3) is 0.235. The number of nitrogens with one attached hydrogen (secondary N) is 1. The summed E-state index contributed by atoms with van der Waals surface area (Å²) < 4.78 is 30.1. The molecule has 0 saturated heterocycles. The molecule has 23 heavy (non-hydrogen) atoms. The van der Waals surface area contributed by atoms with Crippen LogP contribution in [0.5, 0.6) is 5.75 Å². The van der Waals surface area contributed by atoms with E-state index >= 15 is 0 Å². The van der Waals surface area contributed by atoms with E-state index in [4.69, 9.17) is 4.74 Å². The average Bonchev–Trinajstić information content (AvgIpc) is 2.55. The number of halogens is 2. The summed E-state index contributed by atoms with van der Waals surface area (Å²) in [6, 6.07) is 14.0. The molecule has 6 heteroatoms. The van der Waals surface area contributed by atoms with E-state index in [0.717, 1.165) is 11.3 Å². The van der Waals surface area contributed by atoms with Crippen LogP contribution in [0.2, 0.25) is 0 Å². The number of thioether (sulfide) groups is 1. The number of carbonyl (C=O) groups is 1. The second-order valence-corrected chi connectivity index (χ2v) is 5.80. The Morgan fingerprint density at radius 3 is 2.52 bits per heavy atom. The normalized spacial score (nSPS) is 10.6. The van der Waals surface area contributed by atoms with Crippen LogP contribution in [0.15, 0.2) is 53.4 Å². The van der Waals surface area contributed by atoms with Crippen LogP contribution in [0.1, 0.15) is 12.0 Å². The van der Waals surface area contributed by atoms with Crippen molar-refractivity contribution in [2.45, 2.75) is 23.5 Å². The van der Waals surface area contributed by atoms with E-state index in [-0.39, 0.29) is 12.3 Å². The van der Waals surface area contributed by atoms with Gasteiger partial charge in [0.25, 0.3) is 5.76 Å². The zero-order valence-corrected chi connectivity index (χ0v) is 13.4. The van der Waals surface area contributed by atoms with Crippen LogP contribution in [0.3, 0.4) is 0 Å². The van der Waals surface area contributed by atoms with Crippen molar-refractivity contribution in [2.75, 3.05) is 12.4 Å². The topological polar surface area (TPSA) is 38.3 Å². The Morgan fingerprint density at radius 2 is 1.87 bits per heavy atom. The lowest BCUT2D eigenvalue weighted by atomic mass is 10.1. The lowest BCUT2D eigenvalue weighted by molar-refractivity contribution is -0.116. The Kier molecular flexibility index (Phi) is 6.40. The van der Waals surface area contributed by atoms with Gasteiger partial charge in [0, 0.05) is 11.3 Å². The molecule has 0 unspecified atom stereocenters. The fourth-order valence-corrected chi connectivity index (χ4v) is 2.63. The van der Waals surface area contributed by atoms with Crippen LogP contribution in [-0.2, 0) is 11.2 Å². The van der Waals surface area contributed by atoms with Crippen molar-refractivity contribution in [3.05, 3.63) is 54.1 Å². The van der Waals surface area contributed by atoms with Gasteiger partial charge in [-0.1, -0.05) is 36.0 Å². The summed E-state index contributed by atoms with van der Waals surface area (Å²) in [6.07, 6.45) is 0.847. The highest BCUT2D eigenvalue weighted by Crippen LogP contribution is 2.31. The minimum atomic E-state index is -2.52. The SMILES string of the molecule is COc1ccc(CCC(=O)Nc2ccccc2SC(F)F)cc1. The van der Waals surface area contributed by atoms with Crippen molar-refractivity contribution in [3.63, 3.8) is 0 Å². The number of amides is 1. The average molecular weight is 337 g/mol. The largest absolute Gasteiger partial charge is 0.497 e. The number of methoxy groups -OCH3 is 1. The number of ether oxygens (including phenoxy) is 1. The number of rotatable bonds is 7. The van der Waals surface area contributed by atoms with Gasteiger partial charge in [0.05, 0.1) is 12.8 Å². The van der Waals surface area contributed by atoms with Crippen LogP contribution in [0.25, 0.3) is 0 Å². The number of alkyl halides is 2. The predicted octanol–water partition coefficient (Wildman–Crippen LogP) is 4.58. The van der Waals surface area contributed by atoms with Crippen LogP contribution in [0, 0.1) is 0 Å². The van der Waals surface area contributed by atoms with Crippen molar-refractivity contribution in [3.8, 4) is 5.75 Å². The molecule has 0 atom stereocenters. The van der Waals surface area contributed by atoms with E-state index < -0.39 is 5.76 Å². The third-order valence-electron chi connectivity index (χ3n) is 3.18. The molecule has 0 aliphatic heterocycles. The summed E-state index contributed by atoms with van der Waals surface area (Å²) in [5, 5.41) is 2.69. The molecule has 2 aromatic carbocycles. The third kappa shape index (κ3) is 5.56. The summed E-state index contributed by atoms with van der Waals surface area (Å²) in [4.78, 5) is 12.4. The quantitative estimate of drug-likeness (QED) is 0.752. The first-order chi connectivity index (χ1) is 11.1. The smallest absolute Gasteiger partial charge is 0.288 e. The second-order valence-electron chi connectivity index (χ2n) is 4.77. The van der Waals surface area contributed by atoms with E-state index in [1.54, 1.807) is 31.4 Å². The van der Waals surface area contributed by atoms with Crippen LogP contribution in [0.4, 0.5) is 14.5 Å². The first-order valence-electron chi connectivity index (χ1n) is 7.05. The lowest BCUT2D eigenvalue weighted by Gasteiger charge is -2.10. The van der Waals surface area contributed by atoms with Crippen LogP contribution < -0.4 is 10.1 Å². The van der Waals surface area contributed by atoms with Crippen molar-refractivity contribution in [2.24, 2.45) is 0 Å². The van der Waals surface area contributed by atoms with E-state index in [2.05, 4.69) is 5.32 Å². The van der Waals surface area contributed by atoms with Gasteiger partial charge in [0.15, 0.2) is 0 Å². The molecule has 0 aliphatic carbocycles. The zero-order chi connectivity index (χ0) is 16.7. The molecule has 1 N–H and O–H groups in total. The Balaban J connectivity index is 1.91. The lowest BCUT2D eigenvalue weighted by Crippen LogP contribution is -2.13. The van der Waals surface area contributed by atoms with Gasteiger partial charge in [-0.05, 0) is 36.2 Å². The highest BCUT2D eigenvalue weighted by atomic mass is 32.2. The summed E-state index contributed by atoms with van der Waals surface area (Å²) >= 11 is 0.424. The Hall–Kier alpha value is -2.08. The maximum absolute atomic E-state index is 12.5. The third-order valence-corrected chi connectivity index (χ3v) is 3.97. The molecule has 0 aromatic heterocycles. The first-order valence-corrected chi connectivity index (χ1v) is 7.93. The van der Waals surface area contributed by atoms with Crippen LogP contribution in [-0.4, -0.2) is 18.8 Å². The molecule has 122 valence electrons. The molecular formula is C17H17F2NO2S. The highest BCUT2D eigenvalue weighted by Gasteiger charge is 2.11. The Bertz CT molecular complexity index is 647. The number of benzene rings is 2. The molecule has 0 saturated carbocycles. The van der Waals surface area contributed by atoms with E-state index in [1.807, 2.05) is 24.3 Å². The number of anilines is 1. The van der Waals surface area contributed by atoms with Gasteiger partial charge in [-0.25, -0.2) is 0 Å². The van der Waals surface area contributed by atoms with Gasteiger partial charge in [0.2, 0.25) is 5.91 Å². The fourth-order valence-electron chi connectivity index (χ4n) is 2.03. The summed E-state index contributed by atoms with van der Waals surface area (Å²) in [7, 11) is 1.59. The molecule has 3 nitrogen and oxygen atoms in total. The standard InChI is InChI=1S/C17H17F2NO2S/c1-22-13-9-6-12(7-10-13)8-11-16(21)20-14-4-2-3-5-15(14)23-17(18)19/h2-7,9-10,17H,8,11H2,1H3,(H,20,21). The van der Waals surface area contributed by atoms with Crippen molar-refractivity contribution < 1.29 is 18.3 Å². The van der Waals surface area contributed by atoms with Gasteiger partial charge in [-0.15, -0.1) is 0 Å². The summed E-state index contributed by atoms with van der Waals surface area (Å²) in [6.45, 7) is 0. The highest BCUT2D eigenvalue weighted by molar-refractivity contribution is 7.99. The minimum absolute atomic E-state index is 0.205. The minimum Gasteiger partial charge on any atom is -0.497 e. The Morgan fingerprint density at radius 1 is 1.17 bits per heavy atom. The van der Waals surface area contributed by atoms with Gasteiger partial charge in [0.1, 0.15) is 5.75 Å². The van der Waals surface area contributed by atoms with Crippen LogP contribution >= 0.6 is 11.8 Å². The molecule has 1 amide bonds. The Labute approximate surface area is 138 Å². The molecular weight excluding hydrogens is 320 g/mol. The monoisotopic (exact) mass is 337 g/mol. The number of para-hydroxylation sites is 1. The molecule has 2 rings (SSSR count). The maximum atomic E-state index is 12.5. The van der Waals surface area contributed by atoms with Gasteiger partial charge in [-0.3, -0.25) is 4.79 Å². The molecule has 0 fully saturated rings. The van der Waals surface area contributed by atoms with E-state index in [0.29, 0.717) is 28.8 Å². The predicted molar refractivity (Wildman–Crippen MR) is 88.2 cm³/mol. The van der Waals surface area contributed by atoms with E-state index in [9.17, 15) is 13.6 Å². The summed E-state index contributed by atoms with van der Waals surface area (Å²) in [5.41, 5.74) is 1.42. The molecule has 0 spiro atoms. The number of hydrogen-bond acceptors (Lipinski definition) is 3. The van der Waals surface area contributed by atoms with Crippen molar-refractivity contribution >= 4 is 23.4 Å². The molecule has 0 heterocycles. The molecule has 0 aliphatic rings. The summed E-state index contributed by atoms with van der Waals surface area (Å²) in [5.74, 6) is -1.97. The maximum Gasteiger partial charge on any atom is 0.288 e. The van der Waals surface area contributed by atoms with E-state index in [1.165, 1.54) is 0 Å². The zero-order valence-electron chi connectivity index (χ0n) is 12.6. The second kappa shape index (κ2) is 8.53. The number of carbonyl (C=O) groups excluding carboxylic acids is 1. The number of hydrogen-bond donors (Lipinski definition) is 1. The van der Waals surface area contributed by atoms with Gasteiger partial charge >= 0.3 is 0 Å². The van der Waals surface area contributed by atoms with Gasteiger partial charge in [-0.2, -0.15) is 8.78 Å². The molecule has 0 bridgehead atoms. The first kappa shape index (κ1) is 17.3.